The second-order valence-electron chi connectivity index (χ2n) is 5.05. The molecule has 0 aromatic carbocycles. The lowest BCUT2D eigenvalue weighted by Crippen LogP contribution is -2.38. The first-order valence-corrected chi connectivity index (χ1v) is 6.95. The van der Waals surface area contributed by atoms with Crippen LogP contribution in [0.25, 0.3) is 0 Å². The number of carbonyl (C=O) groups excluding carboxylic acids is 1. The van der Waals surface area contributed by atoms with Crippen molar-refractivity contribution in [2.75, 3.05) is 6.54 Å². The Morgan fingerprint density at radius 2 is 2.33 bits per heavy atom. The molecule has 2 heterocycles. The summed E-state index contributed by atoms with van der Waals surface area (Å²) in [7, 11) is 1.85. The van der Waals surface area contributed by atoms with Crippen molar-refractivity contribution in [1.82, 2.24) is 35.6 Å². The van der Waals surface area contributed by atoms with E-state index < -0.39 is 0 Å². The normalized spacial score (nSPS) is 12.1. The highest BCUT2D eigenvalue weighted by Gasteiger charge is 2.13. The number of amides is 2. The molecule has 2 amide bonds. The summed E-state index contributed by atoms with van der Waals surface area (Å²) in [4.78, 5) is 11.8. The van der Waals surface area contributed by atoms with Gasteiger partial charge in [-0.1, -0.05) is 0 Å². The predicted octanol–water partition coefficient (Wildman–Crippen LogP) is 0.840. The van der Waals surface area contributed by atoms with Crippen molar-refractivity contribution < 1.29 is 4.79 Å². The number of hydrogen-bond donors (Lipinski definition) is 3. The van der Waals surface area contributed by atoms with Crippen molar-refractivity contribution in [3.05, 3.63) is 29.6 Å². The maximum Gasteiger partial charge on any atom is 0.315 e. The number of aromatic nitrogens is 5. The molecule has 0 saturated carbocycles. The van der Waals surface area contributed by atoms with Crippen LogP contribution in [0.1, 0.15) is 36.5 Å². The fraction of sp³-hybridized carbons (Fsp3) is 0.538. The maximum atomic E-state index is 11.8. The number of aromatic amines is 1. The zero-order valence-corrected chi connectivity index (χ0v) is 12.6. The van der Waals surface area contributed by atoms with Gasteiger partial charge in [0, 0.05) is 19.3 Å². The van der Waals surface area contributed by atoms with Crippen LogP contribution in [-0.4, -0.2) is 37.5 Å². The van der Waals surface area contributed by atoms with Gasteiger partial charge in [0.05, 0.1) is 12.2 Å². The van der Waals surface area contributed by atoms with E-state index in [-0.39, 0.29) is 12.1 Å². The first-order valence-electron chi connectivity index (χ1n) is 6.95. The lowest BCUT2D eigenvalue weighted by atomic mass is 10.1. The molecule has 8 heteroatoms. The second-order valence-corrected chi connectivity index (χ2v) is 5.05. The van der Waals surface area contributed by atoms with Gasteiger partial charge in [-0.2, -0.15) is 5.10 Å². The zero-order valence-electron chi connectivity index (χ0n) is 12.6. The predicted molar refractivity (Wildman–Crippen MR) is 77.6 cm³/mol. The van der Waals surface area contributed by atoms with Gasteiger partial charge >= 0.3 is 6.03 Å². The number of carbonyl (C=O) groups is 1. The van der Waals surface area contributed by atoms with Crippen molar-refractivity contribution in [3.63, 3.8) is 0 Å². The van der Waals surface area contributed by atoms with Gasteiger partial charge in [-0.05, 0) is 32.3 Å². The average Bonchev–Trinajstić information content (AvgIpc) is 3.03. The van der Waals surface area contributed by atoms with Crippen LogP contribution in [0.2, 0.25) is 0 Å². The molecule has 0 aliphatic rings. The van der Waals surface area contributed by atoms with Crippen molar-refractivity contribution in [1.29, 1.82) is 0 Å². The number of aryl methyl sites for hydroxylation is 3. The average molecular weight is 291 g/mol. The molecule has 0 radical (unpaired) electrons. The number of hydrogen-bond acceptors (Lipinski definition) is 4. The van der Waals surface area contributed by atoms with Crippen LogP contribution in [0.3, 0.4) is 0 Å². The summed E-state index contributed by atoms with van der Waals surface area (Å²) in [5, 5.41) is 20.3. The van der Waals surface area contributed by atoms with E-state index in [0.29, 0.717) is 6.54 Å². The van der Waals surface area contributed by atoms with Crippen molar-refractivity contribution in [3.8, 4) is 0 Å². The molecule has 0 aliphatic heterocycles. The fourth-order valence-corrected chi connectivity index (χ4v) is 2.10. The summed E-state index contributed by atoms with van der Waals surface area (Å²) < 4.78 is 1.78. The van der Waals surface area contributed by atoms with Gasteiger partial charge < -0.3 is 15.2 Å². The van der Waals surface area contributed by atoms with E-state index in [1.165, 1.54) is 5.56 Å². The highest BCUT2D eigenvalue weighted by molar-refractivity contribution is 5.74. The molecule has 0 fully saturated rings. The number of rotatable bonds is 6. The highest BCUT2D eigenvalue weighted by atomic mass is 16.2. The Morgan fingerprint density at radius 1 is 1.52 bits per heavy atom. The Kier molecular flexibility index (Phi) is 4.91. The van der Waals surface area contributed by atoms with Crippen molar-refractivity contribution in [2.45, 2.75) is 32.7 Å². The Balaban J connectivity index is 1.68. The molecule has 0 bridgehead atoms. The third-order valence-electron chi connectivity index (χ3n) is 3.32. The minimum Gasteiger partial charge on any atom is -0.338 e. The Bertz CT molecular complexity index is 589. The van der Waals surface area contributed by atoms with Crippen LogP contribution in [-0.2, 0) is 13.5 Å². The second kappa shape index (κ2) is 6.87. The molecular formula is C13H21N7O. The third kappa shape index (κ3) is 4.04. The minimum atomic E-state index is -0.200. The molecule has 0 aliphatic carbocycles. The van der Waals surface area contributed by atoms with Crippen LogP contribution < -0.4 is 10.6 Å². The molecule has 2 aromatic rings. The highest BCUT2D eigenvalue weighted by Crippen LogP contribution is 2.07. The number of H-pyrrole nitrogens is 1. The van der Waals surface area contributed by atoms with Crippen LogP contribution in [0.5, 0.6) is 0 Å². The van der Waals surface area contributed by atoms with Gasteiger partial charge in [0.1, 0.15) is 6.33 Å². The summed E-state index contributed by atoms with van der Waals surface area (Å²) in [5.74, 6) is 0.721. The third-order valence-corrected chi connectivity index (χ3v) is 3.32. The summed E-state index contributed by atoms with van der Waals surface area (Å²) in [6, 6.07) is -0.386. The van der Waals surface area contributed by atoms with Crippen LogP contribution in [0, 0.1) is 6.92 Å². The van der Waals surface area contributed by atoms with Crippen LogP contribution in [0.15, 0.2) is 12.5 Å². The molecular weight excluding hydrogens is 270 g/mol. The van der Waals surface area contributed by atoms with Gasteiger partial charge in [-0.3, -0.25) is 5.10 Å². The quantitative estimate of drug-likeness (QED) is 0.686. The van der Waals surface area contributed by atoms with Crippen molar-refractivity contribution in [2.24, 2.45) is 7.05 Å². The van der Waals surface area contributed by atoms with Gasteiger partial charge in [-0.15, -0.1) is 10.2 Å². The summed E-state index contributed by atoms with van der Waals surface area (Å²) >= 11 is 0. The topological polar surface area (TPSA) is 101 Å². The van der Waals surface area contributed by atoms with Gasteiger partial charge in [-0.25, -0.2) is 4.79 Å². The van der Waals surface area contributed by atoms with Gasteiger partial charge in [0.25, 0.3) is 0 Å². The van der Waals surface area contributed by atoms with Gasteiger partial charge in [0.2, 0.25) is 0 Å². The largest absolute Gasteiger partial charge is 0.338 e. The number of nitrogens with zero attached hydrogens (tertiary/aromatic N) is 4. The standard InChI is InChI=1S/C13H21N7O/c1-9-11(7-15-18-9)5-4-6-14-13(21)17-10(2)12-19-16-8-20(12)3/h7-8,10H,4-6H2,1-3H3,(H,15,18)(H2,14,17,21)/t10-/m0/s1. The van der Waals surface area contributed by atoms with E-state index in [0.717, 1.165) is 24.4 Å². The van der Waals surface area contributed by atoms with Crippen molar-refractivity contribution >= 4 is 6.03 Å². The molecule has 2 rings (SSSR count). The molecule has 1 atom stereocenters. The SMILES string of the molecule is Cc1[nH]ncc1CCCNC(=O)N[C@@H](C)c1nncn1C. The van der Waals surface area contributed by atoms with E-state index in [1.807, 2.05) is 27.1 Å². The lowest BCUT2D eigenvalue weighted by molar-refractivity contribution is 0.237. The summed E-state index contributed by atoms with van der Waals surface area (Å²) in [6.45, 7) is 4.48. The van der Waals surface area contributed by atoms with E-state index in [4.69, 9.17) is 0 Å². The smallest absolute Gasteiger partial charge is 0.315 e. The summed E-state index contributed by atoms with van der Waals surface area (Å²) in [6.07, 6.45) is 5.19. The van der Waals surface area contributed by atoms with Gasteiger partial charge in [0.15, 0.2) is 5.82 Å². The fourth-order valence-electron chi connectivity index (χ4n) is 2.10. The molecule has 0 saturated heterocycles. The lowest BCUT2D eigenvalue weighted by Gasteiger charge is -2.13. The number of nitrogens with one attached hydrogen (secondary N) is 3. The molecule has 0 spiro atoms. The maximum absolute atomic E-state index is 11.8. The molecule has 2 aromatic heterocycles. The number of urea groups is 1. The molecule has 3 N–H and O–H groups in total. The van der Waals surface area contributed by atoms with E-state index >= 15 is 0 Å². The summed E-state index contributed by atoms with van der Waals surface area (Å²) in [5.41, 5.74) is 2.26. The minimum absolute atomic E-state index is 0.186. The van der Waals surface area contributed by atoms with E-state index in [9.17, 15) is 4.79 Å². The Hall–Kier alpha value is -2.38. The molecule has 21 heavy (non-hydrogen) atoms. The van der Waals surface area contributed by atoms with E-state index in [2.05, 4.69) is 31.0 Å². The molecule has 114 valence electrons. The Labute approximate surface area is 123 Å². The first-order chi connectivity index (χ1) is 10.1. The molecule has 8 nitrogen and oxygen atoms in total. The monoisotopic (exact) mass is 291 g/mol. The van der Waals surface area contributed by atoms with Crippen LogP contribution in [0.4, 0.5) is 4.79 Å². The first kappa shape index (κ1) is 15.0. The zero-order chi connectivity index (χ0) is 15.2. The Morgan fingerprint density at radius 3 is 2.95 bits per heavy atom. The molecule has 0 unspecified atom stereocenters. The van der Waals surface area contributed by atoms with Crippen LogP contribution >= 0.6 is 0 Å². The van der Waals surface area contributed by atoms with E-state index in [1.54, 1.807) is 10.9 Å².